The summed E-state index contributed by atoms with van der Waals surface area (Å²) in [6.45, 7) is 2.40. The number of rotatable bonds is 6. The van der Waals surface area contributed by atoms with Crippen molar-refractivity contribution in [1.82, 2.24) is 15.6 Å². The summed E-state index contributed by atoms with van der Waals surface area (Å²) in [5.41, 5.74) is 8.90. The first-order chi connectivity index (χ1) is 14.2. The minimum atomic E-state index is 0.161. The summed E-state index contributed by atoms with van der Waals surface area (Å²) in [4.78, 5) is 16.4. The number of hydrogen-bond donors (Lipinski definition) is 3. The summed E-state index contributed by atoms with van der Waals surface area (Å²) >= 11 is 1.55. The fourth-order valence-corrected chi connectivity index (χ4v) is 3.43. The van der Waals surface area contributed by atoms with E-state index < -0.39 is 0 Å². The van der Waals surface area contributed by atoms with Gasteiger partial charge >= 0.3 is 0 Å². The fourth-order valence-electron chi connectivity index (χ4n) is 2.67. The molecular formula is C22H33N5OS. The molecule has 0 saturated carbocycles. The van der Waals surface area contributed by atoms with Crippen LogP contribution in [0.15, 0.2) is 60.3 Å². The number of hydrogen-bond acceptors (Lipinski definition) is 7. The highest BCUT2D eigenvalue weighted by molar-refractivity contribution is 8.02. The van der Waals surface area contributed by atoms with Crippen LogP contribution in [0.2, 0.25) is 0 Å². The Bertz CT molecular complexity index is 688. The highest BCUT2D eigenvalue weighted by atomic mass is 32.2. The zero-order valence-electron chi connectivity index (χ0n) is 17.5. The van der Waals surface area contributed by atoms with E-state index in [1.165, 1.54) is 37.7 Å². The van der Waals surface area contributed by atoms with Crippen LogP contribution in [0.1, 0.15) is 23.8 Å². The van der Waals surface area contributed by atoms with Crippen LogP contribution < -0.4 is 21.3 Å². The van der Waals surface area contributed by atoms with Crippen molar-refractivity contribution in [2.75, 3.05) is 44.9 Å². The van der Waals surface area contributed by atoms with Crippen molar-refractivity contribution in [3.63, 3.8) is 0 Å². The molecule has 7 heteroatoms. The number of nitrogens with two attached hydrogens (primary N) is 1. The van der Waals surface area contributed by atoms with Crippen LogP contribution in [-0.2, 0) is 4.79 Å². The Labute approximate surface area is 179 Å². The van der Waals surface area contributed by atoms with Crippen LogP contribution in [0, 0.1) is 0 Å². The van der Waals surface area contributed by atoms with Crippen molar-refractivity contribution in [3.05, 3.63) is 65.8 Å². The molecule has 1 saturated heterocycles. The second-order valence-corrected chi connectivity index (χ2v) is 7.35. The minimum absolute atomic E-state index is 0.161. The lowest BCUT2D eigenvalue weighted by molar-refractivity contribution is -0.104. The molecule has 1 unspecified atom stereocenters. The number of benzene rings is 1. The number of nitrogens with one attached hydrogen (secondary N) is 2. The molecule has 2 heterocycles. The van der Waals surface area contributed by atoms with Gasteiger partial charge in [-0.15, -0.1) is 11.8 Å². The van der Waals surface area contributed by atoms with Gasteiger partial charge in [-0.1, -0.05) is 0 Å². The zero-order valence-corrected chi connectivity index (χ0v) is 18.4. The zero-order chi connectivity index (χ0) is 21.3. The third kappa shape index (κ3) is 10.1. The Kier molecular flexibility index (Phi) is 13.2. The van der Waals surface area contributed by atoms with E-state index in [4.69, 9.17) is 5.73 Å². The Morgan fingerprint density at radius 1 is 1.07 bits per heavy atom. The molecule has 0 spiro atoms. The van der Waals surface area contributed by atoms with Crippen LogP contribution in [-0.4, -0.2) is 45.5 Å². The van der Waals surface area contributed by atoms with Crippen LogP contribution in [0.5, 0.6) is 0 Å². The molecule has 0 aliphatic carbocycles. The lowest BCUT2D eigenvalue weighted by atomic mass is 10.2. The Hall–Kier alpha value is -2.35. The average molecular weight is 416 g/mol. The maximum absolute atomic E-state index is 10.1. The largest absolute Gasteiger partial charge is 0.399 e. The Balaban J connectivity index is 0.000000257. The topological polar surface area (TPSA) is 83.3 Å². The minimum Gasteiger partial charge on any atom is -0.399 e. The molecule has 1 aromatic heterocycles. The van der Waals surface area contributed by atoms with Gasteiger partial charge in [-0.3, -0.25) is 9.78 Å². The number of carbonyl (C=O) groups is 1. The molecule has 0 radical (unpaired) electrons. The summed E-state index contributed by atoms with van der Waals surface area (Å²) in [6, 6.07) is 12.0. The summed E-state index contributed by atoms with van der Waals surface area (Å²) in [6.07, 6.45) is 8.41. The lowest BCUT2D eigenvalue weighted by Crippen LogP contribution is -2.17. The molecular weight excluding hydrogens is 382 g/mol. The maximum atomic E-state index is 10.1. The van der Waals surface area contributed by atoms with E-state index in [0.717, 1.165) is 17.5 Å². The number of aldehydes is 1. The molecule has 4 N–H and O–H groups in total. The second-order valence-electron chi connectivity index (χ2n) is 6.34. The molecule has 3 rings (SSSR count). The third-order valence-electron chi connectivity index (χ3n) is 4.01. The highest BCUT2D eigenvalue weighted by Crippen LogP contribution is 2.25. The van der Waals surface area contributed by atoms with Crippen molar-refractivity contribution in [2.45, 2.75) is 18.2 Å². The Morgan fingerprint density at radius 3 is 2.17 bits per heavy atom. The summed E-state index contributed by atoms with van der Waals surface area (Å²) in [5, 5.41) is 7.83. The van der Waals surface area contributed by atoms with Crippen molar-refractivity contribution < 1.29 is 4.79 Å². The van der Waals surface area contributed by atoms with E-state index in [2.05, 4.69) is 32.7 Å². The van der Waals surface area contributed by atoms with Crippen LogP contribution in [0.3, 0.4) is 0 Å². The van der Waals surface area contributed by atoms with E-state index in [0.29, 0.717) is 0 Å². The molecule has 158 valence electrons. The fraction of sp³-hybridized carbons (Fsp3) is 0.364. The average Bonchev–Trinajstić information content (AvgIpc) is 3.28. The SMILES string of the molecule is CNC.CNC(S/C=C/C=O)c1ccncc1.Nc1ccc(N2CCCC2)cc1. The van der Waals surface area contributed by atoms with E-state index in [1.54, 1.807) is 29.6 Å². The van der Waals surface area contributed by atoms with E-state index >= 15 is 0 Å². The molecule has 1 aliphatic heterocycles. The Morgan fingerprint density at radius 2 is 1.66 bits per heavy atom. The summed E-state index contributed by atoms with van der Waals surface area (Å²) < 4.78 is 0. The normalized spacial score (nSPS) is 13.8. The van der Waals surface area contributed by atoms with Gasteiger partial charge in [0.15, 0.2) is 0 Å². The van der Waals surface area contributed by atoms with Crippen LogP contribution in [0.25, 0.3) is 0 Å². The standard InChI is InChI=1S/C10H12N2OS.C10H14N2.C2H7N/c1-11-10(14-8-2-7-13)9-3-5-12-6-4-9;11-9-3-5-10(6-4-9)12-7-1-2-8-12;1-3-2/h2-8,10-11H,1H3;3-6H,1-2,7-8,11H2;3H,1-2H3/b8-2+;;. The molecule has 6 nitrogen and oxygen atoms in total. The summed E-state index contributed by atoms with van der Waals surface area (Å²) in [7, 11) is 5.63. The second kappa shape index (κ2) is 15.6. The molecule has 2 aromatic rings. The van der Waals surface area contributed by atoms with E-state index in [-0.39, 0.29) is 5.37 Å². The number of anilines is 2. The van der Waals surface area contributed by atoms with E-state index in [9.17, 15) is 4.79 Å². The van der Waals surface area contributed by atoms with Crippen LogP contribution >= 0.6 is 11.8 Å². The third-order valence-corrected chi connectivity index (χ3v) is 5.10. The van der Waals surface area contributed by atoms with Gasteiger partial charge in [0.05, 0.1) is 5.37 Å². The first-order valence-corrected chi connectivity index (χ1v) is 10.6. The number of carbonyl (C=O) groups excluding carboxylic acids is 1. The highest BCUT2D eigenvalue weighted by Gasteiger charge is 2.11. The van der Waals surface area contributed by atoms with Crippen molar-refractivity contribution >= 4 is 29.4 Å². The maximum Gasteiger partial charge on any atom is 0.143 e. The summed E-state index contributed by atoms with van der Waals surface area (Å²) in [5.74, 6) is 0. The lowest BCUT2D eigenvalue weighted by Gasteiger charge is -2.17. The number of nitrogen functional groups attached to an aromatic ring is 1. The monoisotopic (exact) mass is 415 g/mol. The van der Waals surface area contributed by atoms with Crippen molar-refractivity contribution in [3.8, 4) is 0 Å². The predicted octanol–water partition coefficient (Wildman–Crippen LogP) is 3.45. The van der Waals surface area contributed by atoms with Gasteiger partial charge < -0.3 is 21.3 Å². The van der Waals surface area contributed by atoms with Gasteiger partial charge in [0, 0.05) is 36.9 Å². The quantitative estimate of drug-likeness (QED) is 0.288. The number of allylic oxidation sites excluding steroid dienone is 1. The molecule has 1 fully saturated rings. The van der Waals surface area contributed by atoms with Crippen molar-refractivity contribution in [1.29, 1.82) is 0 Å². The number of pyridine rings is 1. The predicted molar refractivity (Wildman–Crippen MR) is 126 cm³/mol. The molecule has 1 aromatic carbocycles. The van der Waals surface area contributed by atoms with Gasteiger partial charge in [-0.2, -0.15) is 0 Å². The molecule has 0 bridgehead atoms. The molecule has 29 heavy (non-hydrogen) atoms. The molecule has 1 atom stereocenters. The van der Waals surface area contributed by atoms with Gasteiger partial charge in [0.2, 0.25) is 0 Å². The van der Waals surface area contributed by atoms with Gasteiger partial charge in [0.25, 0.3) is 0 Å². The smallest absolute Gasteiger partial charge is 0.143 e. The number of aromatic nitrogens is 1. The molecule has 1 aliphatic rings. The number of thioether (sulfide) groups is 1. The number of nitrogens with zero attached hydrogens (tertiary/aromatic N) is 2. The molecule has 0 amide bonds. The van der Waals surface area contributed by atoms with Crippen LogP contribution in [0.4, 0.5) is 11.4 Å². The van der Waals surface area contributed by atoms with Crippen molar-refractivity contribution in [2.24, 2.45) is 0 Å². The van der Waals surface area contributed by atoms with Gasteiger partial charge in [-0.25, -0.2) is 0 Å². The van der Waals surface area contributed by atoms with Gasteiger partial charge in [0.1, 0.15) is 6.29 Å². The van der Waals surface area contributed by atoms with Gasteiger partial charge in [-0.05, 0) is 87.4 Å². The van der Waals surface area contributed by atoms with E-state index in [1.807, 2.05) is 45.4 Å². The first-order valence-electron chi connectivity index (χ1n) is 9.68. The first kappa shape index (κ1) is 24.7.